The Morgan fingerprint density at radius 3 is 2.50 bits per heavy atom. The average Bonchev–Trinajstić information content (AvgIpc) is 2.54. The first-order valence-electron chi connectivity index (χ1n) is 6.99. The molecule has 1 unspecified atom stereocenters. The number of para-hydroxylation sites is 1. The minimum Gasteiger partial charge on any atom is -0.480 e. The van der Waals surface area contributed by atoms with Crippen LogP contribution < -0.4 is 10.1 Å². The van der Waals surface area contributed by atoms with Crippen LogP contribution in [-0.2, 0) is 4.79 Å². The molecule has 0 spiro atoms. The largest absolute Gasteiger partial charge is 0.480 e. The van der Waals surface area contributed by atoms with Crippen molar-refractivity contribution in [2.45, 2.75) is 13.0 Å². The number of hydrogen-bond donors (Lipinski definition) is 1. The van der Waals surface area contributed by atoms with Gasteiger partial charge in [0.1, 0.15) is 5.75 Å². The highest BCUT2D eigenvalue weighted by molar-refractivity contribution is 6.12. The van der Waals surface area contributed by atoms with E-state index in [0.717, 1.165) is 5.56 Å². The van der Waals surface area contributed by atoms with Gasteiger partial charge >= 0.3 is 0 Å². The van der Waals surface area contributed by atoms with Crippen molar-refractivity contribution in [3.05, 3.63) is 77.5 Å². The number of ether oxygens (including phenoxy) is 1. The van der Waals surface area contributed by atoms with E-state index in [1.807, 2.05) is 36.4 Å². The third-order valence-electron chi connectivity index (χ3n) is 3.45. The molecule has 22 heavy (non-hydrogen) atoms. The number of amides is 1. The van der Waals surface area contributed by atoms with Crippen LogP contribution in [0.3, 0.4) is 0 Å². The van der Waals surface area contributed by atoms with Crippen molar-refractivity contribution in [3.8, 4) is 5.75 Å². The summed E-state index contributed by atoms with van der Waals surface area (Å²) in [7, 11) is 0. The summed E-state index contributed by atoms with van der Waals surface area (Å²) in [6.07, 6.45) is 0.911. The van der Waals surface area contributed by atoms with E-state index in [-0.39, 0.29) is 11.7 Å². The molecule has 0 saturated carbocycles. The van der Waals surface area contributed by atoms with Crippen molar-refractivity contribution >= 4 is 11.7 Å². The van der Waals surface area contributed by atoms with Crippen LogP contribution in [-0.4, -0.2) is 11.7 Å². The molecule has 0 aliphatic carbocycles. The van der Waals surface area contributed by atoms with Crippen molar-refractivity contribution in [3.63, 3.8) is 0 Å². The number of benzene rings is 2. The number of hydrogen-bond acceptors (Lipinski definition) is 3. The molecule has 4 heteroatoms. The number of carbonyl (C=O) groups is 2. The van der Waals surface area contributed by atoms with Gasteiger partial charge in [0, 0.05) is 13.1 Å². The molecular weight excluding hydrogens is 278 g/mol. The molecule has 0 saturated heterocycles. The third kappa shape index (κ3) is 2.63. The second-order valence-corrected chi connectivity index (χ2v) is 5.03. The molecule has 1 amide bonds. The van der Waals surface area contributed by atoms with Crippen molar-refractivity contribution < 1.29 is 14.3 Å². The molecule has 2 aromatic carbocycles. The second-order valence-electron chi connectivity index (χ2n) is 5.03. The zero-order valence-electron chi connectivity index (χ0n) is 12.1. The van der Waals surface area contributed by atoms with Crippen LogP contribution in [0, 0.1) is 0 Å². The smallest absolute Gasteiger partial charge is 0.220 e. The molecule has 2 aromatic rings. The van der Waals surface area contributed by atoms with E-state index in [0.29, 0.717) is 16.9 Å². The topological polar surface area (TPSA) is 55.4 Å². The highest BCUT2D eigenvalue weighted by Gasteiger charge is 2.32. The van der Waals surface area contributed by atoms with Gasteiger partial charge in [0.15, 0.2) is 11.9 Å². The van der Waals surface area contributed by atoms with Crippen LogP contribution in [0.15, 0.2) is 66.4 Å². The lowest BCUT2D eigenvalue weighted by Gasteiger charge is -2.28. The van der Waals surface area contributed by atoms with E-state index in [9.17, 15) is 9.59 Å². The van der Waals surface area contributed by atoms with E-state index in [1.54, 1.807) is 18.2 Å². The Labute approximate surface area is 128 Å². The lowest BCUT2D eigenvalue weighted by Crippen LogP contribution is -2.26. The molecule has 3 rings (SSSR count). The summed E-state index contributed by atoms with van der Waals surface area (Å²) in [6, 6.07) is 16.6. The van der Waals surface area contributed by atoms with Crippen LogP contribution in [0.1, 0.15) is 28.9 Å². The Morgan fingerprint density at radius 1 is 1.09 bits per heavy atom. The SMILES string of the molecule is CC(=O)NC=C1C(=O)c2ccccc2OC1c1ccccc1. The first-order valence-corrected chi connectivity index (χ1v) is 6.99. The normalized spacial score (nSPS) is 18.5. The summed E-state index contributed by atoms with van der Waals surface area (Å²) in [4.78, 5) is 23.9. The van der Waals surface area contributed by atoms with E-state index in [4.69, 9.17) is 4.74 Å². The fourth-order valence-corrected chi connectivity index (χ4v) is 2.42. The molecule has 1 aliphatic heterocycles. The minimum atomic E-state index is -0.532. The predicted molar refractivity (Wildman–Crippen MR) is 82.5 cm³/mol. The van der Waals surface area contributed by atoms with E-state index >= 15 is 0 Å². The molecule has 1 aliphatic rings. The summed E-state index contributed by atoms with van der Waals surface area (Å²) in [5, 5.41) is 2.57. The van der Waals surface area contributed by atoms with Crippen LogP contribution in [0.2, 0.25) is 0 Å². The summed E-state index contributed by atoms with van der Waals surface area (Å²) >= 11 is 0. The minimum absolute atomic E-state index is 0.135. The first kappa shape index (κ1) is 14.1. The average molecular weight is 293 g/mol. The van der Waals surface area contributed by atoms with Gasteiger partial charge in [-0.1, -0.05) is 42.5 Å². The number of Topliss-reactive ketones (excluding diaryl/α,β-unsaturated/α-hetero) is 1. The Kier molecular flexibility index (Phi) is 3.74. The van der Waals surface area contributed by atoms with Gasteiger partial charge in [-0.15, -0.1) is 0 Å². The standard InChI is InChI=1S/C18H15NO3/c1-12(20)19-11-15-17(21)14-9-5-6-10-16(14)22-18(15)13-7-3-2-4-8-13/h2-11,18H,1H3,(H,19,20). The Bertz CT molecular complexity index is 750. The summed E-state index contributed by atoms with van der Waals surface area (Å²) in [5.41, 5.74) is 1.79. The highest BCUT2D eigenvalue weighted by atomic mass is 16.5. The molecule has 0 aromatic heterocycles. The number of carbonyl (C=O) groups excluding carboxylic acids is 2. The zero-order valence-corrected chi connectivity index (χ0v) is 12.1. The molecule has 1 N–H and O–H groups in total. The van der Waals surface area contributed by atoms with Gasteiger partial charge in [0.2, 0.25) is 5.91 Å². The summed E-state index contributed by atoms with van der Waals surface area (Å²) in [5.74, 6) is 0.191. The Hall–Kier alpha value is -2.88. The first-order chi connectivity index (χ1) is 10.7. The maximum absolute atomic E-state index is 12.7. The number of ketones is 1. The fraction of sp³-hybridized carbons (Fsp3) is 0.111. The number of rotatable bonds is 2. The monoisotopic (exact) mass is 293 g/mol. The van der Waals surface area contributed by atoms with Crippen molar-refractivity contribution in [2.75, 3.05) is 0 Å². The molecule has 4 nitrogen and oxygen atoms in total. The van der Waals surface area contributed by atoms with Gasteiger partial charge < -0.3 is 10.1 Å². The van der Waals surface area contributed by atoms with Gasteiger partial charge in [-0.2, -0.15) is 0 Å². The number of fused-ring (bicyclic) bond motifs is 1. The van der Waals surface area contributed by atoms with Crippen LogP contribution >= 0.6 is 0 Å². The van der Waals surface area contributed by atoms with Crippen LogP contribution in [0.5, 0.6) is 5.75 Å². The zero-order chi connectivity index (χ0) is 15.5. The lowest BCUT2D eigenvalue weighted by atomic mass is 9.91. The van der Waals surface area contributed by atoms with Gasteiger partial charge in [-0.3, -0.25) is 9.59 Å². The highest BCUT2D eigenvalue weighted by Crippen LogP contribution is 2.37. The quantitative estimate of drug-likeness (QED) is 0.866. The van der Waals surface area contributed by atoms with Crippen LogP contribution in [0.4, 0.5) is 0 Å². The third-order valence-corrected chi connectivity index (χ3v) is 3.45. The molecule has 110 valence electrons. The van der Waals surface area contributed by atoms with Gasteiger partial charge in [-0.25, -0.2) is 0 Å². The second kappa shape index (κ2) is 5.85. The maximum Gasteiger partial charge on any atom is 0.220 e. The Balaban J connectivity index is 2.08. The van der Waals surface area contributed by atoms with Gasteiger partial charge in [0.25, 0.3) is 0 Å². The molecule has 1 atom stereocenters. The van der Waals surface area contributed by atoms with Gasteiger partial charge in [0.05, 0.1) is 11.1 Å². The predicted octanol–water partition coefficient (Wildman–Crippen LogP) is 3.02. The van der Waals surface area contributed by atoms with Crippen LogP contribution in [0.25, 0.3) is 0 Å². The van der Waals surface area contributed by atoms with Crippen molar-refractivity contribution in [1.82, 2.24) is 5.32 Å². The molecule has 0 radical (unpaired) electrons. The molecule has 0 bridgehead atoms. The molecule has 0 fully saturated rings. The summed E-state index contributed by atoms with van der Waals surface area (Å²) in [6.45, 7) is 1.40. The molecular formula is C18H15NO3. The molecule has 1 heterocycles. The van der Waals surface area contributed by atoms with Crippen molar-refractivity contribution in [1.29, 1.82) is 0 Å². The Morgan fingerprint density at radius 2 is 1.77 bits per heavy atom. The van der Waals surface area contributed by atoms with Gasteiger partial charge in [-0.05, 0) is 17.7 Å². The van der Waals surface area contributed by atoms with E-state index in [2.05, 4.69) is 5.32 Å². The lowest BCUT2D eigenvalue weighted by molar-refractivity contribution is -0.118. The maximum atomic E-state index is 12.7. The van der Waals surface area contributed by atoms with Crippen molar-refractivity contribution in [2.24, 2.45) is 0 Å². The fourth-order valence-electron chi connectivity index (χ4n) is 2.42. The number of nitrogens with one attached hydrogen (secondary N) is 1. The van der Waals surface area contributed by atoms with E-state index in [1.165, 1.54) is 13.1 Å². The summed E-state index contributed by atoms with van der Waals surface area (Å²) < 4.78 is 5.99. The van der Waals surface area contributed by atoms with E-state index < -0.39 is 6.10 Å².